The molecule has 2 aliphatic rings. The fraction of sp³-hybridized carbons (Fsp3) is 0.471. The first kappa shape index (κ1) is 15.7. The summed E-state index contributed by atoms with van der Waals surface area (Å²) in [5.74, 6) is -0.733. The van der Waals surface area contributed by atoms with Crippen molar-refractivity contribution in [1.82, 2.24) is 4.90 Å². The summed E-state index contributed by atoms with van der Waals surface area (Å²) in [6.45, 7) is 3.21. The number of aryl methyl sites for hydroxylation is 1. The van der Waals surface area contributed by atoms with E-state index in [0.29, 0.717) is 31.6 Å². The van der Waals surface area contributed by atoms with E-state index in [2.05, 4.69) is 0 Å². The van der Waals surface area contributed by atoms with Gasteiger partial charge in [-0.1, -0.05) is 17.7 Å². The zero-order chi connectivity index (χ0) is 16.6. The van der Waals surface area contributed by atoms with Crippen LogP contribution in [-0.4, -0.2) is 41.8 Å². The van der Waals surface area contributed by atoms with Crippen LogP contribution in [0.1, 0.15) is 24.8 Å². The van der Waals surface area contributed by atoms with Crippen molar-refractivity contribution in [3.05, 3.63) is 29.8 Å². The zero-order valence-corrected chi connectivity index (χ0v) is 13.2. The first-order chi connectivity index (χ1) is 11.0. The summed E-state index contributed by atoms with van der Waals surface area (Å²) in [6, 6.07) is 6.96. The van der Waals surface area contributed by atoms with Gasteiger partial charge in [0.1, 0.15) is 0 Å². The number of nitrogens with zero attached hydrogens (tertiary/aromatic N) is 2. The molecule has 3 amide bonds. The summed E-state index contributed by atoms with van der Waals surface area (Å²) in [4.78, 5) is 39.5. The Morgan fingerprint density at radius 3 is 2.30 bits per heavy atom. The van der Waals surface area contributed by atoms with Crippen LogP contribution in [0.15, 0.2) is 24.3 Å². The molecule has 1 atom stereocenters. The smallest absolute Gasteiger partial charge is 0.251 e. The fourth-order valence-corrected chi connectivity index (χ4v) is 3.36. The molecule has 0 unspecified atom stereocenters. The Labute approximate surface area is 135 Å². The second kappa shape index (κ2) is 6.12. The summed E-state index contributed by atoms with van der Waals surface area (Å²) >= 11 is 0. The minimum Gasteiger partial charge on any atom is -0.369 e. The van der Waals surface area contributed by atoms with Crippen LogP contribution in [0.4, 0.5) is 5.69 Å². The fourth-order valence-electron chi connectivity index (χ4n) is 3.36. The van der Waals surface area contributed by atoms with Crippen molar-refractivity contribution >= 4 is 23.4 Å². The van der Waals surface area contributed by atoms with Crippen LogP contribution in [0, 0.1) is 12.8 Å². The Hall–Kier alpha value is -2.21. The van der Waals surface area contributed by atoms with Crippen LogP contribution in [0.5, 0.6) is 0 Å². The molecule has 2 heterocycles. The third-order valence-electron chi connectivity index (χ3n) is 4.79. The van der Waals surface area contributed by atoms with Gasteiger partial charge >= 0.3 is 0 Å². The zero-order valence-electron chi connectivity index (χ0n) is 13.2. The lowest BCUT2D eigenvalue weighted by Gasteiger charge is -2.33. The van der Waals surface area contributed by atoms with Gasteiger partial charge in [0.05, 0.1) is 18.2 Å². The maximum atomic E-state index is 12.7. The SMILES string of the molecule is Cc1ccc(N2C(=O)C[C@@H](N3CCC(C(N)=O)CC3)C2=O)cc1. The molecule has 6 heteroatoms. The molecule has 122 valence electrons. The molecule has 0 aromatic heterocycles. The normalized spacial score (nSPS) is 23.5. The molecule has 2 N–H and O–H groups in total. The number of hydrogen-bond acceptors (Lipinski definition) is 4. The van der Waals surface area contributed by atoms with Crippen LogP contribution in [-0.2, 0) is 14.4 Å². The van der Waals surface area contributed by atoms with Gasteiger partial charge in [-0.15, -0.1) is 0 Å². The molecule has 0 spiro atoms. The number of rotatable bonds is 3. The Balaban J connectivity index is 1.72. The second-order valence-electron chi connectivity index (χ2n) is 6.34. The number of likely N-dealkylation sites (tertiary alicyclic amines) is 1. The molecule has 0 bridgehead atoms. The van der Waals surface area contributed by atoms with E-state index < -0.39 is 6.04 Å². The van der Waals surface area contributed by atoms with Crippen LogP contribution in [0.25, 0.3) is 0 Å². The Bertz CT molecular complexity index is 633. The maximum Gasteiger partial charge on any atom is 0.251 e. The van der Waals surface area contributed by atoms with Gasteiger partial charge in [0.15, 0.2) is 0 Å². The number of piperidine rings is 1. The van der Waals surface area contributed by atoms with Crippen molar-refractivity contribution in [1.29, 1.82) is 0 Å². The number of amides is 3. The van der Waals surface area contributed by atoms with Gasteiger partial charge in [-0.05, 0) is 45.0 Å². The standard InChI is InChI=1S/C17H21N3O3/c1-11-2-4-13(5-3-11)20-15(21)10-14(17(20)23)19-8-6-12(7-9-19)16(18)22/h2-5,12,14H,6-10H2,1H3,(H2,18,22)/t14-/m1/s1. The number of nitrogens with two attached hydrogens (primary N) is 1. The average molecular weight is 315 g/mol. The van der Waals surface area contributed by atoms with E-state index in [1.54, 1.807) is 12.1 Å². The summed E-state index contributed by atoms with van der Waals surface area (Å²) in [7, 11) is 0. The Morgan fingerprint density at radius 1 is 1.13 bits per heavy atom. The van der Waals surface area contributed by atoms with Crippen LogP contribution < -0.4 is 10.6 Å². The minimum absolute atomic E-state index is 0.119. The number of primary amides is 1. The van der Waals surface area contributed by atoms with E-state index in [-0.39, 0.29) is 30.1 Å². The average Bonchev–Trinajstić information content (AvgIpc) is 2.83. The molecular weight excluding hydrogens is 294 g/mol. The number of anilines is 1. The second-order valence-corrected chi connectivity index (χ2v) is 6.34. The number of carbonyl (C=O) groups is 3. The molecule has 0 saturated carbocycles. The summed E-state index contributed by atoms with van der Waals surface area (Å²) in [5, 5.41) is 0. The van der Waals surface area contributed by atoms with Gasteiger partial charge in [-0.25, -0.2) is 4.90 Å². The van der Waals surface area contributed by atoms with Crippen molar-refractivity contribution in [2.24, 2.45) is 11.7 Å². The molecule has 0 aliphatic carbocycles. The highest BCUT2D eigenvalue weighted by molar-refractivity contribution is 6.22. The molecule has 2 fully saturated rings. The Kier molecular flexibility index (Phi) is 4.17. The minimum atomic E-state index is -0.419. The monoisotopic (exact) mass is 315 g/mol. The third-order valence-corrected chi connectivity index (χ3v) is 4.79. The van der Waals surface area contributed by atoms with Crippen LogP contribution in [0.2, 0.25) is 0 Å². The van der Waals surface area contributed by atoms with Gasteiger partial charge in [-0.3, -0.25) is 19.3 Å². The van der Waals surface area contributed by atoms with E-state index in [1.165, 1.54) is 4.90 Å². The number of benzene rings is 1. The predicted molar refractivity (Wildman–Crippen MR) is 85.6 cm³/mol. The van der Waals surface area contributed by atoms with Gasteiger partial charge in [-0.2, -0.15) is 0 Å². The number of hydrogen-bond donors (Lipinski definition) is 1. The van der Waals surface area contributed by atoms with Crippen molar-refractivity contribution in [3.63, 3.8) is 0 Å². The molecular formula is C17H21N3O3. The topological polar surface area (TPSA) is 83.7 Å². The Morgan fingerprint density at radius 2 is 1.74 bits per heavy atom. The van der Waals surface area contributed by atoms with E-state index in [0.717, 1.165) is 5.56 Å². The predicted octanol–water partition coefficient (Wildman–Crippen LogP) is 0.824. The maximum absolute atomic E-state index is 12.7. The summed E-state index contributed by atoms with van der Waals surface area (Å²) in [6.07, 6.45) is 1.50. The molecule has 1 aromatic rings. The van der Waals surface area contributed by atoms with Crippen molar-refractivity contribution in [2.75, 3.05) is 18.0 Å². The lowest BCUT2D eigenvalue weighted by Crippen LogP contribution is -2.47. The van der Waals surface area contributed by atoms with Gasteiger partial charge in [0.25, 0.3) is 5.91 Å². The first-order valence-electron chi connectivity index (χ1n) is 7.94. The van der Waals surface area contributed by atoms with Crippen LogP contribution in [0.3, 0.4) is 0 Å². The van der Waals surface area contributed by atoms with E-state index in [1.807, 2.05) is 24.0 Å². The number of carbonyl (C=O) groups excluding carboxylic acids is 3. The first-order valence-corrected chi connectivity index (χ1v) is 7.94. The van der Waals surface area contributed by atoms with E-state index in [4.69, 9.17) is 5.73 Å². The molecule has 23 heavy (non-hydrogen) atoms. The third kappa shape index (κ3) is 2.99. The highest BCUT2D eigenvalue weighted by Crippen LogP contribution is 2.28. The van der Waals surface area contributed by atoms with Crippen molar-refractivity contribution in [2.45, 2.75) is 32.2 Å². The molecule has 2 saturated heterocycles. The lowest BCUT2D eigenvalue weighted by molar-refractivity contribution is -0.124. The molecule has 3 rings (SSSR count). The van der Waals surface area contributed by atoms with E-state index >= 15 is 0 Å². The summed E-state index contributed by atoms with van der Waals surface area (Å²) < 4.78 is 0. The van der Waals surface area contributed by atoms with Crippen molar-refractivity contribution in [3.8, 4) is 0 Å². The molecule has 2 aliphatic heterocycles. The quantitative estimate of drug-likeness (QED) is 0.837. The highest BCUT2D eigenvalue weighted by atomic mass is 16.2. The number of imide groups is 1. The highest BCUT2D eigenvalue weighted by Gasteiger charge is 2.43. The lowest BCUT2D eigenvalue weighted by atomic mass is 9.95. The van der Waals surface area contributed by atoms with Crippen molar-refractivity contribution < 1.29 is 14.4 Å². The van der Waals surface area contributed by atoms with Gasteiger partial charge in [0.2, 0.25) is 11.8 Å². The summed E-state index contributed by atoms with van der Waals surface area (Å²) in [5.41, 5.74) is 7.05. The van der Waals surface area contributed by atoms with Crippen LogP contribution >= 0.6 is 0 Å². The molecule has 0 radical (unpaired) electrons. The van der Waals surface area contributed by atoms with Gasteiger partial charge < -0.3 is 5.73 Å². The molecule has 1 aromatic carbocycles. The van der Waals surface area contributed by atoms with E-state index in [9.17, 15) is 14.4 Å². The van der Waals surface area contributed by atoms with Gasteiger partial charge in [0, 0.05) is 5.92 Å². The largest absolute Gasteiger partial charge is 0.369 e. The molecule has 6 nitrogen and oxygen atoms in total.